The zero-order valence-corrected chi connectivity index (χ0v) is 17.2. The van der Waals surface area contributed by atoms with Crippen LogP contribution >= 0.6 is 12.4 Å². The van der Waals surface area contributed by atoms with Gasteiger partial charge in [-0.15, -0.1) is 12.4 Å². The predicted octanol–water partition coefficient (Wildman–Crippen LogP) is 3.14. The molecule has 0 heterocycles. The van der Waals surface area contributed by atoms with Gasteiger partial charge in [-0.3, -0.25) is 4.79 Å². The number of rotatable bonds is 8. The second-order valence-electron chi connectivity index (χ2n) is 6.20. The molecular weight excluding hydrogens is 388 g/mol. The second-order valence-corrected chi connectivity index (χ2v) is 8.19. The molecule has 0 saturated heterocycles. The van der Waals surface area contributed by atoms with Gasteiger partial charge < -0.3 is 15.4 Å². The van der Waals surface area contributed by atoms with E-state index >= 15 is 0 Å². The summed E-state index contributed by atoms with van der Waals surface area (Å²) in [4.78, 5) is 12.4. The minimum absolute atomic E-state index is 0. The molecule has 8 heteroatoms. The van der Waals surface area contributed by atoms with E-state index in [2.05, 4.69) is 24.5 Å². The molecule has 0 aliphatic rings. The van der Waals surface area contributed by atoms with Crippen LogP contribution in [0, 0.1) is 0 Å². The van der Waals surface area contributed by atoms with E-state index in [-0.39, 0.29) is 22.9 Å². The summed E-state index contributed by atoms with van der Waals surface area (Å²) in [6.07, 6.45) is 1.08. The average molecular weight is 413 g/mol. The minimum atomic E-state index is -3.48. The molecule has 0 unspecified atom stereocenters. The average Bonchev–Trinajstić information content (AvgIpc) is 2.59. The number of halogens is 1. The number of carbonyl (C=O) groups excluding carboxylic acids is 1. The third-order valence-electron chi connectivity index (χ3n) is 3.57. The Bertz CT molecular complexity index is 852. The van der Waals surface area contributed by atoms with Crippen LogP contribution in [0.5, 0.6) is 5.75 Å². The van der Waals surface area contributed by atoms with Crippen LogP contribution < -0.4 is 15.4 Å². The van der Waals surface area contributed by atoms with Crippen molar-refractivity contribution in [1.29, 1.82) is 0 Å². The zero-order chi connectivity index (χ0) is 19.2. The van der Waals surface area contributed by atoms with E-state index in [9.17, 15) is 13.2 Å². The van der Waals surface area contributed by atoms with Crippen molar-refractivity contribution in [3.05, 3.63) is 54.1 Å². The van der Waals surface area contributed by atoms with Crippen molar-refractivity contribution in [3.63, 3.8) is 0 Å². The van der Waals surface area contributed by atoms with Crippen LogP contribution in [0.3, 0.4) is 0 Å². The van der Waals surface area contributed by atoms with E-state index in [1.165, 1.54) is 12.1 Å². The quantitative estimate of drug-likeness (QED) is 0.650. The van der Waals surface area contributed by atoms with Gasteiger partial charge in [0.15, 0.2) is 9.84 Å². The monoisotopic (exact) mass is 412 g/mol. The fourth-order valence-corrected chi connectivity index (χ4v) is 3.21. The molecular formula is C19H25ClN2O4S. The summed E-state index contributed by atoms with van der Waals surface area (Å²) in [5, 5.41) is 5.97. The lowest BCUT2D eigenvalue weighted by molar-refractivity contribution is 0.102. The van der Waals surface area contributed by atoms with Crippen molar-refractivity contribution >= 4 is 33.8 Å². The van der Waals surface area contributed by atoms with Crippen LogP contribution in [0.1, 0.15) is 24.2 Å². The Balaban J connectivity index is 0.00000364. The fraction of sp³-hybridized carbons (Fsp3) is 0.316. The molecule has 2 rings (SSSR count). The molecule has 0 saturated carbocycles. The van der Waals surface area contributed by atoms with Gasteiger partial charge in [0, 0.05) is 24.5 Å². The summed E-state index contributed by atoms with van der Waals surface area (Å²) < 4.78 is 29.3. The topological polar surface area (TPSA) is 84.5 Å². The van der Waals surface area contributed by atoms with E-state index in [1.807, 2.05) is 0 Å². The Hall–Kier alpha value is -2.09. The van der Waals surface area contributed by atoms with E-state index in [0.29, 0.717) is 24.1 Å². The van der Waals surface area contributed by atoms with Gasteiger partial charge in [-0.05, 0) is 36.4 Å². The van der Waals surface area contributed by atoms with Crippen LogP contribution in [0.15, 0.2) is 53.4 Å². The number of hydrogen-bond donors (Lipinski definition) is 2. The summed E-state index contributed by atoms with van der Waals surface area (Å²) in [5.74, 6) is 0.228. The van der Waals surface area contributed by atoms with Crippen LogP contribution in [0.25, 0.3) is 0 Å². The maximum atomic E-state index is 12.4. The highest BCUT2D eigenvalue weighted by atomic mass is 35.5. The van der Waals surface area contributed by atoms with Gasteiger partial charge in [-0.1, -0.05) is 26.0 Å². The van der Waals surface area contributed by atoms with Crippen molar-refractivity contribution in [1.82, 2.24) is 5.32 Å². The third kappa shape index (κ3) is 7.21. The maximum Gasteiger partial charge on any atom is 0.256 e. The molecule has 0 aliphatic heterocycles. The van der Waals surface area contributed by atoms with E-state index < -0.39 is 15.7 Å². The highest BCUT2D eigenvalue weighted by molar-refractivity contribution is 7.90. The fourth-order valence-electron chi connectivity index (χ4n) is 2.33. The van der Waals surface area contributed by atoms with Crippen molar-refractivity contribution < 1.29 is 17.9 Å². The third-order valence-corrected chi connectivity index (χ3v) is 4.72. The Labute approximate surface area is 166 Å². The van der Waals surface area contributed by atoms with Crippen molar-refractivity contribution in [3.8, 4) is 5.75 Å². The first-order valence-electron chi connectivity index (χ1n) is 8.34. The van der Waals surface area contributed by atoms with Crippen LogP contribution in [0.2, 0.25) is 0 Å². The molecule has 2 aromatic carbocycles. The van der Waals surface area contributed by atoms with Crippen LogP contribution in [-0.2, 0) is 9.84 Å². The number of anilines is 1. The standard InChI is InChI=1S/C19H24N2O4S.ClH/c1-14(2)20-12-13-25-16-10-8-15(9-11-16)21-19(22)17-6-4-5-7-18(17)26(3,23)24;/h4-11,14,20H,12-13H2,1-3H3,(H,21,22);1H. The summed E-state index contributed by atoms with van der Waals surface area (Å²) in [7, 11) is -3.48. The molecule has 0 spiro atoms. The first-order valence-corrected chi connectivity index (χ1v) is 10.2. The van der Waals surface area contributed by atoms with Gasteiger partial charge >= 0.3 is 0 Å². The lowest BCUT2D eigenvalue weighted by atomic mass is 10.2. The van der Waals surface area contributed by atoms with Crippen LogP contribution in [0.4, 0.5) is 5.69 Å². The molecule has 0 atom stereocenters. The molecule has 148 valence electrons. The molecule has 0 aliphatic carbocycles. The van der Waals surface area contributed by atoms with Gasteiger partial charge in [0.1, 0.15) is 12.4 Å². The molecule has 6 nitrogen and oxygen atoms in total. The van der Waals surface area contributed by atoms with E-state index in [0.717, 1.165) is 12.8 Å². The zero-order valence-electron chi connectivity index (χ0n) is 15.6. The number of carbonyl (C=O) groups is 1. The smallest absolute Gasteiger partial charge is 0.256 e. The van der Waals surface area contributed by atoms with Gasteiger partial charge in [0.05, 0.1) is 10.5 Å². The molecule has 2 aromatic rings. The molecule has 0 fully saturated rings. The first kappa shape index (κ1) is 23.0. The van der Waals surface area contributed by atoms with Crippen molar-refractivity contribution in [2.45, 2.75) is 24.8 Å². The maximum absolute atomic E-state index is 12.4. The number of sulfone groups is 1. The number of ether oxygens (including phenoxy) is 1. The summed E-state index contributed by atoms with van der Waals surface area (Å²) in [6.45, 7) is 5.43. The highest BCUT2D eigenvalue weighted by Crippen LogP contribution is 2.19. The molecule has 0 bridgehead atoms. The van der Waals surface area contributed by atoms with E-state index in [1.54, 1.807) is 36.4 Å². The lowest BCUT2D eigenvalue weighted by Gasteiger charge is -2.11. The second kappa shape index (κ2) is 10.3. The van der Waals surface area contributed by atoms with Crippen LogP contribution in [-0.4, -0.2) is 39.8 Å². The largest absolute Gasteiger partial charge is 0.492 e. The van der Waals surface area contributed by atoms with Gasteiger partial charge in [0.25, 0.3) is 5.91 Å². The summed E-state index contributed by atoms with van der Waals surface area (Å²) >= 11 is 0. The normalized spacial score (nSPS) is 11.0. The van der Waals surface area contributed by atoms with E-state index in [4.69, 9.17) is 4.74 Å². The van der Waals surface area contributed by atoms with Gasteiger partial charge in [0.2, 0.25) is 0 Å². The Morgan fingerprint density at radius 2 is 1.70 bits per heavy atom. The number of benzene rings is 2. The van der Waals surface area contributed by atoms with Gasteiger partial charge in [-0.25, -0.2) is 8.42 Å². The number of hydrogen-bond acceptors (Lipinski definition) is 5. The SMILES string of the molecule is CC(C)NCCOc1ccc(NC(=O)c2ccccc2S(C)(=O)=O)cc1.Cl. The Morgan fingerprint density at radius 1 is 1.07 bits per heavy atom. The Morgan fingerprint density at radius 3 is 2.30 bits per heavy atom. The summed E-state index contributed by atoms with van der Waals surface area (Å²) in [6, 6.07) is 13.5. The predicted molar refractivity (Wildman–Crippen MR) is 110 cm³/mol. The first-order chi connectivity index (χ1) is 12.3. The molecule has 0 aromatic heterocycles. The molecule has 0 radical (unpaired) electrons. The van der Waals surface area contributed by atoms with Crippen molar-refractivity contribution in [2.75, 3.05) is 24.7 Å². The van der Waals surface area contributed by atoms with Crippen molar-refractivity contribution in [2.24, 2.45) is 0 Å². The number of nitrogens with one attached hydrogen (secondary N) is 2. The Kier molecular flexibility index (Phi) is 8.75. The minimum Gasteiger partial charge on any atom is -0.492 e. The molecule has 27 heavy (non-hydrogen) atoms. The lowest BCUT2D eigenvalue weighted by Crippen LogP contribution is -2.27. The van der Waals surface area contributed by atoms with Gasteiger partial charge in [-0.2, -0.15) is 0 Å². The number of amides is 1. The molecule has 2 N–H and O–H groups in total. The highest BCUT2D eigenvalue weighted by Gasteiger charge is 2.18. The molecule has 1 amide bonds. The summed E-state index contributed by atoms with van der Waals surface area (Å²) in [5.41, 5.74) is 0.682.